The van der Waals surface area contributed by atoms with Crippen molar-refractivity contribution < 1.29 is 4.74 Å². The number of anilines is 1. The number of hydrogen-bond donors (Lipinski definition) is 1. The molecule has 0 amide bonds. The molecule has 1 aliphatic rings. The summed E-state index contributed by atoms with van der Waals surface area (Å²) < 4.78 is 6.66. The minimum atomic E-state index is 0.678. The van der Waals surface area contributed by atoms with E-state index >= 15 is 0 Å². The van der Waals surface area contributed by atoms with Gasteiger partial charge >= 0.3 is 0 Å². The first-order valence-electron chi connectivity index (χ1n) is 6.13. The molecule has 0 aromatic heterocycles. The van der Waals surface area contributed by atoms with Crippen LogP contribution in [0.25, 0.3) is 0 Å². The van der Waals surface area contributed by atoms with E-state index in [9.17, 15) is 0 Å². The average Bonchev–Trinajstić information content (AvgIpc) is 2.47. The van der Waals surface area contributed by atoms with Crippen LogP contribution in [0.1, 0.15) is 12.0 Å². The third-order valence-corrected chi connectivity index (χ3v) is 3.49. The van der Waals surface area contributed by atoms with Crippen LogP contribution >= 0.6 is 15.9 Å². The van der Waals surface area contributed by atoms with E-state index in [1.54, 1.807) is 0 Å². The molecule has 0 radical (unpaired) electrons. The molecular weight excluding hydrogens is 304 g/mol. The van der Waals surface area contributed by atoms with Crippen molar-refractivity contribution in [3.8, 4) is 5.75 Å². The van der Waals surface area contributed by atoms with E-state index in [4.69, 9.17) is 4.74 Å². The predicted octanol–water partition coefficient (Wildman–Crippen LogP) is 4.05. The topological polar surface area (TPSA) is 33.6 Å². The number of nitrogens with zero attached hydrogens (tertiary/aromatic N) is 1. The fourth-order valence-electron chi connectivity index (χ4n) is 2.00. The van der Waals surface area contributed by atoms with Crippen LogP contribution in [0.2, 0.25) is 0 Å². The number of benzene rings is 2. The lowest BCUT2D eigenvalue weighted by Crippen LogP contribution is -2.17. The summed E-state index contributed by atoms with van der Waals surface area (Å²) in [5.74, 6) is 0.908. The molecule has 19 heavy (non-hydrogen) atoms. The molecule has 0 atom stereocenters. The Labute approximate surface area is 120 Å². The van der Waals surface area contributed by atoms with Crippen LogP contribution in [-0.4, -0.2) is 12.3 Å². The van der Waals surface area contributed by atoms with E-state index < -0.39 is 0 Å². The lowest BCUT2D eigenvalue weighted by molar-refractivity contribution is 0.320. The summed E-state index contributed by atoms with van der Waals surface area (Å²) in [5, 5.41) is 4.50. The molecule has 3 nitrogen and oxygen atoms in total. The van der Waals surface area contributed by atoms with E-state index in [-0.39, 0.29) is 0 Å². The molecule has 2 aromatic carbocycles. The summed E-state index contributed by atoms with van der Waals surface area (Å²) in [7, 11) is 0. The Kier molecular flexibility index (Phi) is 3.51. The van der Waals surface area contributed by atoms with Crippen molar-refractivity contribution >= 4 is 27.3 Å². The van der Waals surface area contributed by atoms with E-state index in [0.29, 0.717) is 6.61 Å². The lowest BCUT2D eigenvalue weighted by atomic mass is 10.0. The van der Waals surface area contributed by atoms with Crippen molar-refractivity contribution in [3.05, 3.63) is 58.6 Å². The molecule has 1 aliphatic heterocycles. The van der Waals surface area contributed by atoms with E-state index in [2.05, 4.69) is 26.5 Å². The first kappa shape index (κ1) is 12.2. The average molecular weight is 317 g/mol. The zero-order valence-electron chi connectivity index (χ0n) is 10.3. The Bertz CT molecular complexity index is 608. The number of rotatable bonds is 2. The van der Waals surface area contributed by atoms with Gasteiger partial charge in [0.15, 0.2) is 0 Å². The third kappa shape index (κ3) is 2.79. The maximum absolute atomic E-state index is 5.61. The standard InChI is InChI=1S/C15H13BrN2O/c16-11-5-7-12(8-6-11)17-18-14-9-10-19-15-4-2-1-3-13(14)15/h1-8,17H,9-10H2/b18-14+. The Morgan fingerprint density at radius 2 is 1.84 bits per heavy atom. The Morgan fingerprint density at radius 3 is 2.68 bits per heavy atom. The number of fused-ring (bicyclic) bond motifs is 1. The monoisotopic (exact) mass is 316 g/mol. The fourth-order valence-corrected chi connectivity index (χ4v) is 2.26. The molecule has 0 fully saturated rings. The van der Waals surface area contributed by atoms with Crippen LogP contribution < -0.4 is 10.2 Å². The van der Waals surface area contributed by atoms with Gasteiger partial charge in [-0.2, -0.15) is 5.10 Å². The zero-order valence-corrected chi connectivity index (χ0v) is 11.9. The van der Waals surface area contributed by atoms with Gasteiger partial charge in [-0.3, -0.25) is 5.43 Å². The van der Waals surface area contributed by atoms with Gasteiger partial charge in [-0.25, -0.2) is 0 Å². The molecule has 0 aliphatic carbocycles. The van der Waals surface area contributed by atoms with Crippen LogP contribution in [0, 0.1) is 0 Å². The second-order valence-electron chi connectivity index (χ2n) is 4.27. The molecule has 0 saturated carbocycles. The SMILES string of the molecule is Brc1ccc(N/N=C2\CCOc3ccccc32)cc1. The number of hydrazone groups is 1. The van der Waals surface area contributed by atoms with Gasteiger partial charge in [0.25, 0.3) is 0 Å². The minimum absolute atomic E-state index is 0.678. The molecule has 0 spiro atoms. The molecule has 1 heterocycles. The number of halogens is 1. The van der Waals surface area contributed by atoms with Gasteiger partial charge in [0, 0.05) is 16.5 Å². The van der Waals surface area contributed by atoms with Gasteiger partial charge in [0.2, 0.25) is 0 Å². The normalized spacial score (nSPS) is 15.7. The van der Waals surface area contributed by atoms with Gasteiger partial charge in [0.1, 0.15) is 5.75 Å². The summed E-state index contributed by atoms with van der Waals surface area (Å²) in [6, 6.07) is 15.9. The number of para-hydroxylation sites is 1. The van der Waals surface area contributed by atoms with E-state index in [1.807, 2.05) is 48.5 Å². The molecule has 0 unspecified atom stereocenters. The highest BCUT2D eigenvalue weighted by molar-refractivity contribution is 9.10. The first-order chi connectivity index (χ1) is 9.33. The second-order valence-corrected chi connectivity index (χ2v) is 5.19. The summed E-state index contributed by atoms with van der Waals surface area (Å²) in [5.41, 5.74) is 6.17. The van der Waals surface area contributed by atoms with Crippen LogP contribution in [0.4, 0.5) is 5.69 Å². The number of hydrogen-bond acceptors (Lipinski definition) is 3. The zero-order chi connectivity index (χ0) is 13.1. The van der Waals surface area contributed by atoms with E-state index in [1.165, 1.54) is 0 Å². The molecule has 0 saturated heterocycles. The molecule has 96 valence electrons. The lowest BCUT2D eigenvalue weighted by Gasteiger charge is -2.18. The van der Waals surface area contributed by atoms with Crippen LogP contribution in [0.15, 0.2) is 58.1 Å². The Balaban J connectivity index is 1.83. The second kappa shape index (κ2) is 5.45. The smallest absolute Gasteiger partial charge is 0.128 e. The van der Waals surface area contributed by atoms with Crippen LogP contribution in [0.5, 0.6) is 5.75 Å². The summed E-state index contributed by atoms with van der Waals surface area (Å²) in [6.07, 6.45) is 0.820. The van der Waals surface area contributed by atoms with Gasteiger partial charge in [-0.05, 0) is 36.4 Å². The van der Waals surface area contributed by atoms with Crippen molar-refractivity contribution in [1.29, 1.82) is 0 Å². The molecule has 0 bridgehead atoms. The van der Waals surface area contributed by atoms with Gasteiger partial charge in [0.05, 0.1) is 18.0 Å². The first-order valence-corrected chi connectivity index (χ1v) is 6.92. The Morgan fingerprint density at radius 1 is 1.05 bits per heavy atom. The fraction of sp³-hybridized carbons (Fsp3) is 0.133. The number of nitrogens with one attached hydrogen (secondary N) is 1. The van der Waals surface area contributed by atoms with Crippen LogP contribution in [0.3, 0.4) is 0 Å². The quantitative estimate of drug-likeness (QED) is 0.848. The summed E-state index contributed by atoms with van der Waals surface area (Å²) in [4.78, 5) is 0. The van der Waals surface area contributed by atoms with Crippen molar-refractivity contribution in [3.63, 3.8) is 0 Å². The maximum atomic E-state index is 5.61. The highest BCUT2D eigenvalue weighted by Gasteiger charge is 2.15. The van der Waals surface area contributed by atoms with Crippen molar-refractivity contribution in [2.24, 2.45) is 5.10 Å². The predicted molar refractivity (Wildman–Crippen MR) is 80.9 cm³/mol. The largest absolute Gasteiger partial charge is 0.492 e. The van der Waals surface area contributed by atoms with Crippen LogP contribution in [-0.2, 0) is 0 Å². The molecule has 3 rings (SSSR count). The molecule has 1 N–H and O–H groups in total. The van der Waals surface area contributed by atoms with Gasteiger partial charge in [-0.1, -0.05) is 28.1 Å². The molecular formula is C15H13BrN2O. The summed E-state index contributed by atoms with van der Waals surface area (Å²) >= 11 is 3.41. The van der Waals surface area contributed by atoms with Gasteiger partial charge in [-0.15, -0.1) is 0 Å². The van der Waals surface area contributed by atoms with Crippen molar-refractivity contribution in [1.82, 2.24) is 0 Å². The van der Waals surface area contributed by atoms with Crippen molar-refractivity contribution in [2.45, 2.75) is 6.42 Å². The third-order valence-electron chi connectivity index (χ3n) is 2.96. The van der Waals surface area contributed by atoms with E-state index in [0.717, 1.165) is 33.6 Å². The highest BCUT2D eigenvalue weighted by atomic mass is 79.9. The molecule has 2 aromatic rings. The highest BCUT2D eigenvalue weighted by Crippen LogP contribution is 2.24. The van der Waals surface area contributed by atoms with Gasteiger partial charge < -0.3 is 4.74 Å². The molecule has 4 heteroatoms. The van der Waals surface area contributed by atoms with Crippen molar-refractivity contribution in [2.75, 3.05) is 12.0 Å². The minimum Gasteiger partial charge on any atom is -0.492 e. The Hall–Kier alpha value is -1.81. The number of ether oxygens (including phenoxy) is 1. The summed E-state index contributed by atoms with van der Waals surface area (Å²) in [6.45, 7) is 0.678. The maximum Gasteiger partial charge on any atom is 0.128 e.